The smallest absolute Gasteiger partial charge is 0.319 e. The molecule has 3 heterocycles. The first kappa shape index (κ1) is 18.3. The number of urea groups is 1. The van der Waals surface area contributed by atoms with Crippen LogP contribution in [0.3, 0.4) is 0 Å². The molecule has 1 N–H and O–H groups in total. The third-order valence-electron chi connectivity index (χ3n) is 6.49. The van der Waals surface area contributed by atoms with Gasteiger partial charge in [0.25, 0.3) is 0 Å². The molecule has 3 amide bonds. The number of hydrogen-bond donors (Lipinski definition) is 1. The van der Waals surface area contributed by atoms with Gasteiger partial charge in [-0.15, -0.1) is 0 Å². The first-order chi connectivity index (χ1) is 13.1. The fourth-order valence-electron chi connectivity index (χ4n) is 5.06. The van der Waals surface area contributed by atoms with Gasteiger partial charge in [0.2, 0.25) is 5.91 Å². The monoisotopic (exact) mass is 370 g/mol. The van der Waals surface area contributed by atoms with Crippen LogP contribution in [0.2, 0.25) is 0 Å². The molecule has 146 valence electrons. The van der Waals surface area contributed by atoms with Crippen LogP contribution in [-0.2, 0) is 4.79 Å². The van der Waals surface area contributed by atoms with Crippen LogP contribution in [0.25, 0.3) is 0 Å². The van der Waals surface area contributed by atoms with Crippen molar-refractivity contribution < 1.29 is 9.59 Å². The van der Waals surface area contributed by atoms with Crippen molar-refractivity contribution in [3.8, 4) is 0 Å². The lowest BCUT2D eigenvalue weighted by molar-refractivity contribution is -0.138. The van der Waals surface area contributed by atoms with Crippen LogP contribution in [0.1, 0.15) is 24.4 Å². The van der Waals surface area contributed by atoms with Crippen LogP contribution in [0.5, 0.6) is 0 Å². The highest BCUT2D eigenvalue weighted by atomic mass is 16.2. The predicted molar refractivity (Wildman–Crippen MR) is 104 cm³/mol. The molecule has 4 rings (SSSR count). The minimum Gasteiger partial charge on any atom is -0.335 e. The van der Waals surface area contributed by atoms with Gasteiger partial charge >= 0.3 is 6.03 Å². The maximum atomic E-state index is 13.4. The highest BCUT2D eigenvalue weighted by Gasteiger charge is 2.48. The van der Waals surface area contributed by atoms with Gasteiger partial charge in [0.15, 0.2) is 0 Å². The summed E-state index contributed by atoms with van der Waals surface area (Å²) in [4.78, 5) is 31.2. The fourth-order valence-corrected chi connectivity index (χ4v) is 5.06. The Labute approximate surface area is 161 Å². The van der Waals surface area contributed by atoms with E-state index in [1.807, 2.05) is 11.0 Å². The molecular formula is C21H30N4O2. The van der Waals surface area contributed by atoms with Crippen molar-refractivity contribution in [3.63, 3.8) is 0 Å². The minimum absolute atomic E-state index is 0.0363. The lowest BCUT2D eigenvalue weighted by Crippen LogP contribution is -2.47. The second-order valence-corrected chi connectivity index (χ2v) is 8.37. The Balaban J connectivity index is 1.47. The zero-order chi connectivity index (χ0) is 19.0. The molecule has 0 spiro atoms. The molecule has 3 aliphatic heterocycles. The second kappa shape index (κ2) is 7.50. The van der Waals surface area contributed by atoms with Gasteiger partial charge in [-0.25, -0.2) is 4.79 Å². The highest BCUT2D eigenvalue weighted by Crippen LogP contribution is 2.43. The zero-order valence-corrected chi connectivity index (χ0v) is 16.3. The maximum absolute atomic E-state index is 13.4. The topological polar surface area (TPSA) is 55.9 Å². The second-order valence-electron chi connectivity index (χ2n) is 8.37. The van der Waals surface area contributed by atoms with E-state index >= 15 is 0 Å². The number of likely N-dealkylation sites (tertiary alicyclic amines) is 2. The molecule has 6 heteroatoms. The van der Waals surface area contributed by atoms with E-state index in [4.69, 9.17) is 0 Å². The molecule has 0 aromatic heterocycles. The van der Waals surface area contributed by atoms with Crippen LogP contribution in [-0.4, -0.2) is 73.5 Å². The standard InChI is InChI=1S/C21H30N4O2/c1-23(2)21(27)24-10-8-16(9-11-24)20(26)25-14-17-12-22-13-18(17)19(25)15-6-4-3-5-7-15/h3-7,16-19,22H,8-14H2,1-2H3/t17-,18-,19-/m0/s1. The Morgan fingerprint density at radius 1 is 1.07 bits per heavy atom. The molecule has 0 saturated carbocycles. The lowest BCUT2D eigenvalue weighted by atomic mass is 9.89. The van der Waals surface area contributed by atoms with E-state index in [0.29, 0.717) is 24.9 Å². The number of carbonyl (C=O) groups is 2. The van der Waals surface area contributed by atoms with E-state index < -0.39 is 0 Å². The van der Waals surface area contributed by atoms with E-state index in [0.717, 1.165) is 32.5 Å². The maximum Gasteiger partial charge on any atom is 0.319 e. The Kier molecular flexibility index (Phi) is 5.08. The Morgan fingerprint density at radius 3 is 2.44 bits per heavy atom. The number of amides is 3. The SMILES string of the molecule is CN(C)C(=O)N1CCC(C(=O)N2C[C@@H]3CNC[C@@H]3[C@@H]2c2ccccc2)CC1. The average molecular weight is 370 g/mol. The number of nitrogens with one attached hydrogen (secondary N) is 1. The molecule has 27 heavy (non-hydrogen) atoms. The summed E-state index contributed by atoms with van der Waals surface area (Å²) < 4.78 is 0. The van der Waals surface area contributed by atoms with Crippen molar-refractivity contribution in [1.29, 1.82) is 0 Å². The first-order valence-electron chi connectivity index (χ1n) is 10.1. The summed E-state index contributed by atoms with van der Waals surface area (Å²) in [6.45, 7) is 4.20. The molecule has 1 aromatic rings. The minimum atomic E-state index is 0.0363. The lowest BCUT2D eigenvalue weighted by Gasteiger charge is -2.36. The number of piperidine rings is 1. The van der Waals surface area contributed by atoms with Crippen LogP contribution < -0.4 is 5.32 Å². The number of fused-ring (bicyclic) bond motifs is 1. The van der Waals surface area contributed by atoms with Crippen LogP contribution >= 0.6 is 0 Å². The summed E-state index contributed by atoms with van der Waals surface area (Å²) in [5.74, 6) is 1.38. The molecular weight excluding hydrogens is 340 g/mol. The largest absolute Gasteiger partial charge is 0.335 e. The van der Waals surface area contributed by atoms with Gasteiger partial charge < -0.3 is 20.0 Å². The zero-order valence-electron chi connectivity index (χ0n) is 16.3. The van der Waals surface area contributed by atoms with Crippen molar-refractivity contribution in [2.45, 2.75) is 18.9 Å². The summed E-state index contributed by atoms with van der Waals surface area (Å²) in [7, 11) is 3.56. The summed E-state index contributed by atoms with van der Waals surface area (Å²) >= 11 is 0. The third kappa shape index (κ3) is 3.43. The van der Waals surface area contributed by atoms with Gasteiger partial charge in [-0.05, 0) is 24.3 Å². The van der Waals surface area contributed by atoms with E-state index in [9.17, 15) is 9.59 Å². The summed E-state index contributed by atoms with van der Waals surface area (Å²) in [6.07, 6.45) is 1.54. The van der Waals surface area contributed by atoms with Gasteiger partial charge in [0.05, 0.1) is 6.04 Å². The number of benzene rings is 1. The van der Waals surface area contributed by atoms with Crippen LogP contribution in [0.4, 0.5) is 4.79 Å². The highest BCUT2D eigenvalue weighted by molar-refractivity contribution is 5.80. The molecule has 3 fully saturated rings. The van der Waals surface area contributed by atoms with Gasteiger partial charge in [0.1, 0.15) is 0 Å². The van der Waals surface area contributed by atoms with E-state index in [2.05, 4.69) is 34.5 Å². The molecule has 1 aromatic carbocycles. The van der Waals surface area contributed by atoms with Crippen molar-refractivity contribution in [2.24, 2.45) is 17.8 Å². The molecule has 0 aliphatic carbocycles. The molecule has 3 atom stereocenters. The molecule has 0 unspecified atom stereocenters. The molecule has 0 radical (unpaired) electrons. The van der Waals surface area contributed by atoms with Gasteiger partial charge in [-0.3, -0.25) is 4.79 Å². The van der Waals surface area contributed by atoms with E-state index in [1.54, 1.807) is 19.0 Å². The Morgan fingerprint density at radius 2 is 1.78 bits per heavy atom. The van der Waals surface area contributed by atoms with Gasteiger partial charge in [-0.2, -0.15) is 0 Å². The first-order valence-corrected chi connectivity index (χ1v) is 10.1. The summed E-state index contributed by atoms with van der Waals surface area (Å²) in [5.41, 5.74) is 1.25. The molecule has 3 aliphatic rings. The third-order valence-corrected chi connectivity index (χ3v) is 6.49. The van der Waals surface area contributed by atoms with Crippen molar-refractivity contribution >= 4 is 11.9 Å². The fraction of sp³-hybridized carbons (Fsp3) is 0.619. The normalized spacial score (nSPS) is 28.3. The van der Waals surface area contributed by atoms with E-state index in [1.165, 1.54) is 5.56 Å². The number of nitrogens with zero attached hydrogens (tertiary/aromatic N) is 3. The van der Waals surface area contributed by atoms with Crippen LogP contribution in [0.15, 0.2) is 30.3 Å². The molecule has 3 saturated heterocycles. The number of carbonyl (C=O) groups excluding carboxylic acids is 2. The Bertz CT molecular complexity index is 685. The van der Waals surface area contributed by atoms with E-state index in [-0.39, 0.29) is 23.9 Å². The van der Waals surface area contributed by atoms with Crippen molar-refractivity contribution in [2.75, 3.05) is 46.8 Å². The predicted octanol–water partition coefficient (Wildman–Crippen LogP) is 1.80. The van der Waals surface area contributed by atoms with Crippen LogP contribution in [0, 0.1) is 17.8 Å². The molecule has 6 nitrogen and oxygen atoms in total. The summed E-state index contributed by atoms with van der Waals surface area (Å²) in [5, 5.41) is 3.51. The number of rotatable bonds is 2. The van der Waals surface area contributed by atoms with Crippen molar-refractivity contribution in [3.05, 3.63) is 35.9 Å². The number of hydrogen-bond acceptors (Lipinski definition) is 3. The quantitative estimate of drug-likeness (QED) is 0.864. The van der Waals surface area contributed by atoms with Gasteiger partial charge in [0, 0.05) is 58.7 Å². The average Bonchev–Trinajstić information content (AvgIpc) is 3.28. The Hall–Kier alpha value is -2.08. The summed E-state index contributed by atoms with van der Waals surface area (Å²) in [6, 6.07) is 10.7. The van der Waals surface area contributed by atoms with Gasteiger partial charge in [-0.1, -0.05) is 30.3 Å². The van der Waals surface area contributed by atoms with Crippen molar-refractivity contribution in [1.82, 2.24) is 20.0 Å². The molecule has 0 bridgehead atoms.